The molecule has 0 atom stereocenters. The van der Waals surface area contributed by atoms with Crippen molar-refractivity contribution in [1.82, 2.24) is 5.32 Å². The average molecular weight is 237 g/mol. The molecule has 17 heavy (non-hydrogen) atoms. The highest BCUT2D eigenvalue weighted by Gasteiger charge is 2.41. The molecule has 0 unspecified atom stereocenters. The van der Waals surface area contributed by atoms with E-state index in [1.807, 2.05) is 0 Å². The van der Waals surface area contributed by atoms with Gasteiger partial charge < -0.3 is 4.74 Å². The zero-order valence-electron chi connectivity index (χ0n) is 10.9. The molecule has 0 spiro atoms. The van der Waals surface area contributed by atoms with Gasteiger partial charge in [-0.2, -0.15) is 0 Å². The lowest BCUT2D eigenvalue weighted by Crippen LogP contribution is -2.54. The molecular weight excluding hydrogens is 214 g/mol. The zero-order chi connectivity index (χ0) is 12.7. The van der Waals surface area contributed by atoms with Crippen molar-refractivity contribution in [1.29, 1.82) is 0 Å². The maximum absolute atomic E-state index is 11.9. The fourth-order valence-corrected chi connectivity index (χ4v) is 2.74. The van der Waals surface area contributed by atoms with Gasteiger partial charge in [-0.05, 0) is 31.6 Å². The second kappa shape index (κ2) is 6.66. The largest absolute Gasteiger partial charge is 0.468 e. The molecule has 1 rings (SSSR count). The SMILES string of the molecule is C#CCNC1(C(=O)OC)CCC(CCC)CC1. The Kier molecular flexibility index (Phi) is 5.50. The Bertz CT molecular complexity index is 285. The summed E-state index contributed by atoms with van der Waals surface area (Å²) in [7, 11) is 1.44. The molecule has 1 fully saturated rings. The van der Waals surface area contributed by atoms with Crippen LogP contribution in [0.15, 0.2) is 0 Å². The molecule has 0 saturated heterocycles. The second-order valence-electron chi connectivity index (χ2n) is 4.86. The third-order valence-corrected chi connectivity index (χ3v) is 3.76. The van der Waals surface area contributed by atoms with Gasteiger partial charge in [-0.15, -0.1) is 6.42 Å². The molecule has 96 valence electrons. The van der Waals surface area contributed by atoms with Crippen molar-refractivity contribution in [3.05, 3.63) is 0 Å². The number of terminal acetylenes is 1. The number of carbonyl (C=O) groups is 1. The van der Waals surface area contributed by atoms with E-state index in [-0.39, 0.29) is 5.97 Å². The van der Waals surface area contributed by atoms with E-state index < -0.39 is 5.54 Å². The lowest BCUT2D eigenvalue weighted by atomic mass is 9.75. The molecule has 0 aromatic rings. The van der Waals surface area contributed by atoms with Crippen molar-refractivity contribution in [3.8, 4) is 12.3 Å². The smallest absolute Gasteiger partial charge is 0.326 e. The van der Waals surface area contributed by atoms with Crippen molar-refractivity contribution in [3.63, 3.8) is 0 Å². The zero-order valence-corrected chi connectivity index (χ0v) is 10.9. The molecule has 0 radical (unpaired) electrons. The lowest BCUT2D eigenvalue weighted by molar-refractivity contribution is -0.150. The molecule has 0 aliphatic heterocycles. The van der Waals surface area contributed by atoms with Gasteiger partial charge in [-0.25, -0.2) is 0 Å². The topological polar surface area (TPSA) is 38.3 Å². The molecular formula is C14H23NO2. The monoisotopic (exact) mass is 237 g/mol. The lowest BCUT2D eigenvalue weighted by Gasteiger charge is -2.38. The molecule has 0 bridgehead atoms. The summed E-state index contributed by atoms with van der Waals surface area (Å²) in [4.78, 5) is 11.9. The van der Waals surface area contributed by atoms with Crippen molar-refractivity contribution >= 4 is 5.97 Å². The summed E-state index contributed by atoms with van der Waals surface area (Å²) in [6, 6.07) is 0. The van der Waals surface area contributed by atoms with Crippen LogP contribution >= 0.6 is 0 Å². The Hall–Kier alpha value is -1.01. The van der Waals surface area contributed by atoms with Crippen LogP contribution in [-0.4, -0.2) is 25.2 Å². The molecule has 1 aliphatic rings. The van der Waals surface area contributed by atoms with E-state index >= 15 is 0 Å². The first-order valence-electron chi connectivity index (χ1n) is 6.45. The molecule has 1 saturated carbocycles. The van der Waals surface area contributed by atoms with E-state index in [4.69, 9.17) is 11.2 Å². The third-order valence-electron chi connectivity index (χ3n) is 3.76. The first-order chi connectivity index (χ1) is 8.18. The fourth-order valence-electron chi connectivity index (χ4n) is 2.74. The standard InChI is InChI=1S/C14H23NO2/c1-4-6-12-7-9-14(10-8-12,13(16)17-3)15-11-5-2/h2,12,15H,4,6-11H2,1,3H3. The number of hydrogen-bond donors (Lipinski definition) is 1. The first kappa shape index (κ1) is 14.1. The van der Waals surface area contributed by atoms with Gasteiger partial charge in [0.2, 0.25) is 0 Å². The predicted molar refractivity (Wildman–Crippen MR) is 68.4 cm³/mol. The Morgan fingerprint density at radius 3 is 2.65 bits per heavy atom. The summed E-state index contributed by atoms with van der Waals surface area (Å²) >= 11 is 0. The van der Waals surface area contributed by atoms with E-state index in [2.05, 4.69) is 18.2 Å². The highest BCUT2D eigenvalue weighted by Crippen LogP contribution is 2.35. The molecule has 0 aromatic heterocycles. The summed E-state index contributed by atoms with van der Waals surface area (Å²) in [5.41, 5.74) is -0.536. The van der Waals surface area contributed by atoms with Crippen LogP contribution < -0.4 is 5.32 Å². The fraction of sp³-hybridized carbons (Fsp3) is 0.786. The number of esters is 1. The van der Waals surface area contributed by atoms with Gasteiger partial charge in [-0.3, -0.25) is 10.1 Å². The number of carbonyl (C=O) groups excluding carboxylic acids is 1. The Morgan fingerprint density at radius 1 is 1.53 bits per heavy atom. The van der Waals surface area contributed by atoms with Crippen molar-refractivity contribution in [2.75, 3.05) is 13.7 Å². The Morgan fingerprint density at radius 2 is 2.18 bits per heavy atom. The number of methoxy groups -OCH3 is 1. The summed E-state index contributed by atoms with van der Waals surface area (Å²) in [5.74, 6) is 3.13. The van der Waals surface area contributed by atoms with Gasteiger partial charge >= 0.3 is 5.97 Å². The summed E-state index contributed by atoms with van der Waals surface area (Å²) in [6.07, 6.45) is 11.6. The third kappa shape index (κ3) is 3.47. The molecule has 0 aromatic carbocycles. The van der Waals surface area contributed by atoms with Crippen LogP contribution in [0.3, 0.4) is 0 Å². The van der Waals surface area contributed by atoms with Gasteiger partial charge in [-0.1, -0.05) is 25.7 Å². The van der Waals surface area contributed by atoms with Gasteiger partial charge in [0, 0.05) is 0 Å². The van der Waals surface area contributed by atoms with E-state index in [1.54, 1.807) is 0 Å². The minimum Gasteiger partial charge on any atom is -0.468 e. The minimum atomic E-state index is -0.536. The quantitative estimate of drug-likeness (QED) is 0.588. The molecule has 1 aliphatic carbocycles. The van der Waals surface area contributed by atoms with Crippen molar-refractivity contribution in [2.24, 2.45) is 5.92 Å². The van der Waals surface area contributed by atoms with Crippen LogP contribution in [0.25, 0.3) is 0 Å². The minimum absolute atomic E-state index is 0.164. The highest BCUT2D eigenvalue weighted by molar-refractivity contribution is 5.81. The molecule has 3 nitrogen and oxygen atoms in total. The number of nitrogens with one attached hydrogen (secondary N) is 1. The van der Waals surface area contributed by atoms with Gasteiger partial charge in [0.1, 0.15) is 5.54 Å². The van der Waals surface area contributed by atoms with E-state index in [0.717, 1.165) is 31.6 Å². The van der Waals surface area contributed by atoms with Crippen LogP contribution in [0.5, 0.6) is 0 Å². The number of rotatable bonds is 5. The van der Waals surface area contributed by atoms with Crippen LogP contribution in [0, 0.1) is 18.3 Å². The van der Waals surface area contributed by atoms with E-state index in [1.165, 1.54) is 20.0 Å². The van der Waals surface area contributed by atoms with Crippen molar-refractivity contribution < 1.29 is 9.53 Å². The summed E-state index contributed by atoms with van der Waals surface area (Å²) in [5, 5.41) is 3.19. The molecule has 1 N–H and O–H groups in total. The first-order valence-corrected chi connectivity index (χ1v) is 6.45. The van der Waals surface area contributed by atoms with Crippen LogP contribution in [0.1, 0.15) is 45.4 Å². The van der Waals surface area contributed by atoms with Crippen molar-refractivity contribution in [2.45, 2.75) is 51.0 Å². The Balaban J connectivity index is 2.62. The molecule has 3 heteroatoms. The Labute approximate surface area is 104 Å². The number of hydrogen-bond acceptors (Lipinski definition) is 3. The van der Waals surface area contributed by atoms with E-state index in [9.17, 15) is 4.79 Å². The second-order valence-corrected chi connectivity index (χ2v) is 4.86. The van der Waals surface area contributed by atoms with Gasteiger partial charge in [0.25, 0.3) is 0 Å². The van der Waals surface area contributed by atoms with Crippen LogP contribution in [0.4, 0.5) is 0 Å². The predicted octanol–water partition coefficient (Wildman–Crippen LogP) is 2.11. The van der Waals surface area contributed by atoms with Crippen LogP contribution in [0.2, 0.25) is 0 Å². The number of ether oxygens (including phenoxy) is 1. The summed E-state index contributed by atoms with van der Waals surface area (Å²) in [6.45, 7) is 2.63. The maximum atomic E-state index is 11.9. The maximum Gasteiger partial charge on any atom is 0.326 e. The molecule has 0 heterocycles. The normalized spacial score (nSPS) is 28.4. The highest BCUT2D eigenvalue weighted by atomic mass is 16.5. The van der Waals surface area contributed by atoms with Crippen LogP contribution in [-0.2, 0) is 9.53 Å². The van der Waals surface area contributed by atoms with E-state index in [0.29, 0.717) is 6.54 Å². The summed E-state index contributed by atoms with van der Waals surface area (Å²) < 4.78 is 4.92. The average Bonchev–Trinajstić information content (AvgIpc) is 2.37. The van der Waals surface area contributed by atoms with Gasteiger partial charge in [0.05, 0.1) is 13.7 Å². The van der Waals surface area contributed by atoms with Gasteiger partial charge in [0.15, 0.2) is 0 Å². The molecule has 0 amide bonds.